The molecule has 2 atom stereocenters. The number of fused-ring (bicyclic) bond motifs is 1. The number of hydrogen-bond donors (Lipinski definition) is 2. The summed E-state index contributed by atoms with van der Waals surface area (Å²) < 4.78 is 5.15. The number of nitrogens with zero attached hydrogens (tertiary/aromatic N) is 2. The first-order valence-corrected chi connectivity index (χ1v) is 8.31. The van der Waals surface area contributed by atoms with Gasteiger partial charge in [-0.15, -0.1) is 0 Å². The summed E-state index contributed by atoms with van der Waals surface area (Å²) in [7, 11) is 4.30. The smallest absolute Gasteiger partial charge is 0.181 e. The van der Waals surface area contributed by atoms with Gasteiger partial charge in [-0.05, 0) is 51.2 Å². The third-order valence-corrected chi connectivity index (χ3v) is 5.10. The number of nitrogens with one attached hydrogen (secondary N) is 2. The number of rotatable bonds is 6. The van der Waals surface area contributed by atoms with E-state index in [4.69, 9.17) is 4.42 Å². The van der Waals surface area contributed by atoms with Gasteiger partial charge in [0, 0.05) is 35.8 Å². The zero-order valence-electron chi connectivity index (χ0n) is 13.8. The zero-order chi connectivity index (χ0) is 15.9. The average molecular weight is 312 g/mol. The standard InChI is InChI=1S/C18H24N4O/c1-22(2)6-5-18(8-14-9-19-14)11-20-16-4-3-13(7-15(16)18)17-10-23-12-21-17/h3-4,7,10,12,14,19-20H,5-6,8-9,11H2,1-2H3. The van der Waals surface area contributed by atoms with Gasteiger partial charge in [0.25, 0.3) is 0 Å². The fraction of sp³-hybridized carbons (Fsp3) is 0.500. The highest BCUT2D eigenvalue weighted by atomic mass is 16.3. The molecule has 1 fully saturated rings. The van der Waals surface area contributed by atoms with Crippen LogP contribution >= 0.6 is 0 Å². The molecule has 2 aliphatic heterocycles. The van der Waals surface area contributed by atoms with Gasteiger partial charge in [-0.1, -0.05) is 6.07 Å². The lowest BCUT2D eigenvalue weighted by molar-refractivity contribution is 0.314. The number of hydrogen-bond acceptors (Lipinski definition) is 5. The highest BCUT2D eigenvalue weighted by Gasteiger charge is 2.42. The Labute approximate surface area is 137 Å². The van der Waals surface area contributed by atoms with E-state index in [1.165, 1.54) is 30.5 Å². The van der Waals surface area contributed by atoms with Crippen molar-refractivity contribution in [1.82, 2.24) is 15.2 Å². The predicted molar refractivity (Wildman–Crippen MR) is 91.7 cm³/mol. The van der Waals surface area contributed by atoms with Crippen molar-refractivity contribution in [3.05, 3.63) is 36.4 Å². The first-order valence-electron chi connectivity index (χ1n) is 8.31. The molecule has 0 bridgehead atoms. The van der Waals surface area contributed by atoms with Crippen LogP contribution in [0.3, 0.4) is 0 Å². The van der Waals surface area contributed by atoms with Gasteiger partial charge in [-0.3, -0.25) is 0 Å². The number of oxazole rings is 1. The molecule has 0 radical (unpaired) electrons. The summed E-state index contributed by atoms with van der Waals surface area (Å²) in [6, 6.07) is 7.30. The van der Waals surface area contributed by atoms with E-state index in [0.717, 1.165) is 30.9 Å². The van der Waals surface area contributed by atoms with Crippen LogP contribution in [0.15, 0.2) is 35.3 Å². The van der Waals surface area contributed by atoms with E-state index in [0.29, 0.717) is 6.04 Å². The van der Waals surface area contributed by atoms with E-state index in [9.17, 15) is 0 Å². The molecule has 0 saturated carbocycles. The van der Waals surface area contributed by atoms with Crippen LogP contribution in [0.25, 0.3) is 11.3 Å². The molecule has 23 heavy (non-hydrogen) atoms. The van der Waals surface area contributed by atoms with Crippen LogP contribution in [0.4, 0.5) is 5.69 Å². The Morgan fingerprint density at radius 2 is 2.26 bits per heavy atom. The lowest BCUT2D eigenvalue weighted by Crippen LogP contribution is -2.34. The Morgan fingerprint density at radius 3 is 2.96 bits per heavy atom. The summed E-state index contributed by atoms with van der Waals surface area (Å²) in [5, 5.41) is 7.11. The van der Waals surface area contributed by atoms with E-state index in [2.05, 4.69) is 52.8 Å². The largest absolute Gasteiger partial charge is 0.451 e. The van der Waals surface area contributed by atoms with Crippen molar-refractivity contribution >= 4 is 5.69 Å². The zero-order valence-corrected chi connectivity index (χ0v) is 13.8. The van der Waals surface area contributed by atoms with Gasteiger partial charge in [-0.2, -0.15) is 0 Å². The van der Waals surface area contributed by atoms with Gasteiger partial charge in [0.1, 0.15) is 12.0 Å². The Hall–Kier alpha value is -1.85. The molecular formula is C18H24N4O. The topological polar surface area (TPSA) is 63.2 Å². The molecule has 1 saturated heterocycles. The molecule has 5 nitrogen and oxygen atoms in total. The normalized spacial score (nSPS) is 25.4. The molecule has 5 heteroatoms. The summed E-state index contributed by atoms with van der Waals surface area (Å²) in [6.45, 7) is 3.28. The van der Waals surface area contributed by atoms with Crippen LogP contribution in [0.2, 0.25) is 0 Å². The maximum absolute atomic E-state index is 5.15. The van der Waals surface area contributed by atoms with Gasteiger partial charge in [0.2, 0.25) is 0 Å². The minimum atomic E-state index is 0.202. The van der Waals surface area contributed by atoms with E-state index in [-0.39, 0.29) is 5.41 Å². The van der Waals surface area contributed by atoms with Gasteiger partial charge in [0.15, 0.2) is 6.39 Å². The van der Waals surface area contributed by atoms with Crippen LogP contribution in [0.5, 0.6) is 0 Å². The first-order chi connectivity index (χ1) is 11.2. The molecule has 4 rings (SSSR count). The van der Waals surface area contributed by atoms with Crippen molar-refractivity contribution in [2.45, 2.75) is 24.3 Å². The van der Waals surface area contributed by atoms with Gasteiger partial charge in [0.05, 0.1) is 0 Å². The molecule has 0 aliphatic carbocycles. The van der Waals surface area contributed by atoms with Gasteiger partial charge < -0.3 is 20.0 Å². The molecule has 122 valence electrons. The lowest BCUT2D eigenvalue weighted by atomic mass is 9.75. The second kappa shape index (κ2) is 5.65. The Kier molecular flexibility index (Phi) is 3.62. The fourth-order valence-corrected chi connectivity index (χ4v) is 3.66. The average Bonchev–Trinajstić information content (AvgIpc) is 3.06. The molecule has 3 heterocycles. The minimum absolute atomic E-state index is 0.202. The summed E-state index contributed by atoms with van der Waals surface area (Å²) >= 11 is 0. The van der Waals surface area contributed by atoms with Crippen LogP contribution in [0, 0.1) is 0 Å². The highest BCUT2D eigenvalue weighted by Crippen LogP contribution is 2.45. The molecule has 2 unspecified atom stereocenters. The number of benzene rings is 1. The van der Waals surface area contributed by atoms with Gasteiger partial charge >= 0.3 is 0 Å². The Balaban J connectivity index is 1.70. The van der Waals surface area contributed by atoms with Crippen molar-refractivity contribution in [1.29, 1.82) is 0 Å². The van der Waals surface area contributed by atoms with Crippen molar-refractivity contribution in [3.63, 3.8) is 0 Å². The monoisotopic (exact) mass is 312 g/mol. The first kappa shape index (κ1) is 14.7. The van der Waals surface area contributed by atoms with Crippen LogP contribution in [0.1, 0.15) is 18.4 Å². The van der Waals surface area contributed by atoms with Crippen molar-refractivity contribution in [3.8, 4) is 11.3 Å². The fourth-order valence-electron chi connectivity index (χ4n) is 3.66. The van der Waals surface area contributed by atoms with E-state index >= 15 is 0 Å². The Bertz CT molecular complexity index is 678. The van der Waals surface area contributed by atoms with Crippen LogP contribution in [-0.4, -0.2) is 49.7 Å². The molecule has 2 aromatic rings. The molecule has 0 spiro atoms. The van der Waals surface area contributed by atoms with Crippen LogP contribution < -0.4 is 10.6 Å². The SMILES string of the molecule is CN(C)CCC1(CC2CN2)CNc2ccc(-c3cocn3)cc21. The molecule has 1 aromatic carbocycles. The maximum atomic E-state index is 5.15. The molecule has 0 amide bonds. The van der Waals surface area contributed by atoms with Crippen molar-refractivity contribution in [2.75, 3.05) is 39.0 Å². The Morgan fingerprint density at radius 1 is 1.39 bits per heavy atom. The quantitative estimate of drug-likeness (QED) is 0.802. The van der Waals surface area contributed by atoms with E-state index < -0.39 is 0 Å². The predicted octanol–water partition coefficient (Wildman–Crippen LogP) is 2.32. The molecule has 2 N–H and O–H groups in total. The lowest BCUT2D eigenvalue weighted by Gasteiger charge is -2.31. The summed E-state index contributed by atoms with van der Waals surface area (Å²) in [5.74, 6) is 0. The minimum Gasteiger partial charge on any atom is -0.451 e. The maximum Gasteiger partial charge on any atom is 0.181 e. The van der Waals surface area contributed by atoms with Crippen molar-refractivity contribution in [2.24, 2.45) is 0 Å². The molecular weight excluding hydrogens is 288 g/mol. The van der Waals surface area contributed by atoms with E-state index in [1.54, 1.807) is 6.26 Å². The number of aromatic nitrogens is 1. The summed E-state index contributed by atoms with van der Waals surface area (Å²) in [5.41, 5.74) is 4.96. The highest BCUT2D eigenvalue weighted by molar-refractivity contribution is 5.69. The second-order valence-corrected chi connectivity index (χ2v) is 7.13. The third-order valence-electron chi connectivity index (χ3n) is 5.10. The second-order valence-electron chi connectivity index (χ2n) is 7.13. The van der Waals surface area contributed by atoms with Crippen LogP contribution in [-0.2, 0) is 5.41 Å². The molecule has 2 aliphatic rings. The molecule has 1 aromatic heterocycles. The summed E-state index contributed by atoms with van der Waals surface area (Å²) in [4.78, 5) is 6.58. The third kappa shape index (κ3) is 2.86. The van der Waals surface area contributed by atoms with Gasteiger partial charge in [-0.25, -0.2) is 4.98 Å². The van der Waals surface area contributed by atoms with E-state index in [1.807, 2.05) is 0 Å². The number of anilines is 1. The summed E-state index contributed by atoms with van der Waals surface area (Å²) in [6.07, 6.45) is 5.58. The van der Waals surface area contributed by atoms with Crippen molar-refractivity contribution < 1.29 is 4.42 Å².